The minimum absolute atomic E-state index is 0.914. The zero-order valence-electron chi connectivity index (χ0n) is 9.05. The van der Waals surface area contributed by atoms with E-state index in [1.54, 1.807) is 0 Å². The van der Waals surface area contributed by atoms with Crippen LogP contribution in [0.4, 0.5) is 5.69 Å². The van der Waals surface area contributed by atoms with E-state index in [1.165, 1.54) is 35.5 Å². The Hall–Kier alpha value is -0.630. The van der Waals surface area contributed by atoms with Crippen molar-refractivity contribution in [2.75, 3.05) is 11.5 Å². The summed E-state index contributed by atoms with van der Waals surface area (Å²) in [5.74, 6) is 1.18. The van der Waals surface area contributed by atoms with Crippen LogP contribution in [-0.4, -0.2) is 5.75 Å². The molecule has 0 bridgehead atoms. The summed E-state index contributed by atoms with van der Waals surface area (Å²) < 4.78 is 0. The summed E-state index contributed by atoms with van der Waals surface area (Å²) in [5.41, 5.74) is 8.09. The molecule has 14 heavy (non-hydrogen) atoms. The van der Waals surface area contributed by atoms with E-state index in [9.17, 15) is 0 Å². The number of nitrogens with two attached hydrogens (primary N) is 1. The van der Waals surface area contributed by atoms with Gasteiger partial charge in [0, 0.05) is 10.6 Å². The molecule has 0 amide bonds. The second kappa shape index (κ2) is 5.97. The number of unbranched alkanes of at least 4 members (excludes halogenated alkanes) is 2. The quantitative estimate of drug-likeness (QED) is 0.453. The second-order valence-electron chi connectivity index (χ2n) is 3.60. The monoisotopic (exact) mass is 209 g/mol. The molecule has 0 atom stereocenters. The lowest BCUT2D eigenvalue weighted by atomic mass is 10.2. The third kappa shape index (κ3) is 3.62. The maximum Gasteiger partial charge on any atom is 0.0452 e. The van der Waals surface area contributed by atoms with Crippen molar-refractivity contribution in [3.8, 4) is 0 Å². The van der Waals surface area contributed by atoms with Gasteiger partial charge < -0.3 is 5.73 Å². The molecule has 0 aliphatic rings. The van der Waals surface area contributed by atoms with Crippen LogP contribution in [0.3, 0.4) is 0 Å². The molecule has 1 nitrogen and oxygen atoms in total. The molecule has 1 aromatic rings. The number of aryl methyl sites for hydroxylation is 1. The van der Waals surface area contributed by atoms with E-state index in [0.717, 1.165) is 5.69 Å². The molecule has 0 aliphatic carbocycles. The van der Waals surface area contributed by atoms with Crippen LogP contribution in [0.25, 0.3) is 0 Å². The highest BCUT2D eigenvalue weighted by Crippen LogP contribution is 2.26. The summed E-state index contributed by atoms with van der Waals surface area (Å²) in [7, 11) is 0. The van der Waals surface area contributed by atoms with Crippen LogP contribution in [0, 0.1) is 6.92 Å². The Morgan fingerprint density at radius 3 is 2.79 bits per heavy atom. The molecular weight excluding hydrogens is 190 g/mol. The molecule has 0 heterocycles. The number of rotatable bonds is 5. The molecule has 0 aromatic heterocycles. The van der Waals surface area contributed by atoms with Crippen molar-refractivity contribution in [2.24, 2.45) is 0 Å². The van der Waals surface area contributed by atoms with Crippen molar-refractivity contribution in [2.45, 2.75) is 38.0 Å². The van der Waals surface area contributed by atoms with Crippen molar-refractivity contribution in [1.29, 1.82) is 0 Å². The Kier molecular flexibility index (Phi) is 4.88. The highest BCUT2D eigenvalue weighted by atomic mass is 32.2. The molecule has 0 fully saturated rings. The largest absolute Gasteiger partial charge is 0.398 e. The van der Waals surface area contributed by atoms with Crippen LogP contribution in [-0.2, 0) is 0 Å². The van der Waals surface area contributed by atoms with Crippen LogP contribution in [0.5, 0.6) is 0 Å². The van der Waals surface area contributed by atoms with Crippen LogP contribution < -0.4 is 5.73 Å². The number of nitrogen functional groups attached to an aromatic ring is 1. The number of benzene rings is 1. The first-order valence-corrected chi connectivity index (χ1v) is 6.21. The van der Waals surface area contributed by atoms with E-state index < -0.39 is 0 Å². The summed E-state index contributed by atoms with van der Waals surface area (Å²) in [5, 5.41) is 0. The minimum atomic E-state index is 0.914. The number of thioether (sulfide) groups is 1. The van der Waals surface area contributed by atoms with Gasteiger partial charge in [-0.25, -0.2) is 0 Å². The van der Waals surface area contributed by atoms with Crippen LogP contribution in [0.1, 0.15) is 31.7 Å². The lowest BCUT2D eigenvalue weighted by Gasteiger charge is -2.05. The molecule has 0 unspecified atom stereocenters. The Bertz CT molecular complexity index is 284. The highest BCUT2D eigenvalue weighted by molar-refractivity contribution is 7.99. The number of hydrogen-bond donors (Lipinski definition) is 1. The zero-order valence-corrected chi connectivity index (χ0v) is 9.86. The fourth-order valence-electron chi connectivity index (χ4n) is 1.30. The number of hydrogen-bond acceptors (Lipinski definition) is 2. The van der Waals surface area contributed by atoms with Gasteiger partial charge in [-0.05, 0) is 36.8 Å². The molecule has 2 heteroatoms. The fourth-order valence-corrected chi connectivity index (χ4v) is 2.37. The zero-order chi connectivity index (χ0) is 10.4. The average Bonchev–Trinajstić information content (AvgIpc) is 2.18. The lowest BCUT2D eigenvalue weighted by molar-refractivity contribution is 0.778. The predicted molar refractivity (Wildman–Crippen MR) is 65.8 cm³/mol. The van der Waals surface area contributed by atoms with Crippen molar-refractivity contribution in [3.63, 3.8) is 0 Å². The van der Waals surface area contributed by atoms with Crippen molar-refractivity contribution < 1.29 is 0 Å². The summed E-state index contributed by atoms with van der Waals surface area (Å²) >= 11 is 1.88. The molecule has 1 rings (SSSR count). The van der Waals surface area contributed by atoms with Crippen LogP contribution in [0.15, 0.2) is 23.1 Å². The molecular formula is C12H19NS. The first kappa shape index (κ1) is 11.4. The average molecular weight is 209 g/mol. The molecule has 2 N–H and O–H groups in total. The topological polar surface area (TPSA) is 26.0 Å². The Morgan fingerprint density at radius 2 is 2.07 bits per heavy atom. The molecule has 78 valence electrons. The molecule has 0 radical (unpaired) electrons. The summed E-state index contributed by atoms with van der Waals surface area (Å²) in [6.07, 6.45) is 3.89. The van der Waals surface area contributed by atoms with Gasteiger partial charge in [0.15, 0.2) is 0 Å². The smallest absolute Gasteiger partial charge is 0.0452 e. The van der Waals surface area contributed by atoms with Crippen molar-refractivity contribution in [3.05, 3.63) is 23.8 Å². The lowest BCUT2D eigenvalue weighted by Crippen LogP contribution is -1.90. The first-order valence-electron chi connectivity index (χ1n) is 5.23. The molecule has 0 saturated heterocycles. The van der Waals surface area contributed by atoms with E-state index >= 15 is 0 Å². The van der Waals surface area contributed by atoms with Gasteiger partial charge in [0.25, 0.3) is 0 Å². The predicted octanol–water partition coefficient (Wildman–Crippen LogP) is 3.86. The minimum Gasteiger partial charge on any atom is -0.398 e. The van der Waals surface area contributed by atoms with E-state index in [1.807, 2.05) is 17.8 Å². The van der Waals surface area contributed by atoms with Gasteiger partial charge in [-0.15, -0.1) is 11.8 Å². The van der Waals surface area contributed by atoms with Gasteiger partial charge in [-0.2, -0.15) is 0 Å². The summed E-state index contributed by atoms with van der Waals surface area (Å²) in [4.78, 5) is 1.24. The standard InChI is InChI=1S/C12H19NS/c1-3-4-5-8-14-12-9-10(2)6-7-11(12)13/h6-7,9H,3-5,8,13H2,1-2H3. The van der Waals surface area contributed by atoms with Gasteiger partial charge in [0.1, 0.15) is 0 Å². The Morgan fingerprint density at radius 1 is 1.29 bits per heavy atom. The van der Waals surface area contributed by atoms with E-state index in [4.69, 9.17) is 5.73 Å². The molecule has 0 saturated carbocycles. The fraction of sp³-hybridized carbons (Fsp3) is 0.500. The Balaban J connectivity index is 2.45. The third-order valence-electron chi connectivity index (χ3n) is 2.17. The van der Waals surface area contributed by atoms with Gasteiger partial charge in [0.05, 0.1) is 0 Å². The van der Waals surface area contributed by atoms with E-state index in [0.29, 0.717) is 0 Å². The summed E-state index contributed by atoms with van der Waals surface area (Å²) in [6.45, 7) is 4.33. The third-order valence-corrected chi connectivity index (χ3v) is 3.33. The number of anilines is 1. The van der Waals surface area contributed by atoms with Gasteiger partial charge in [0.2, 0.25) is 0 Å². The van der Waals surface area contributed by atoms with Crippen LogP contribution in [0.2, 0.25) is 0 Å². The maximum atomic E-state index is 5.88. The maximum absolute atomic E-state index is 5.88. The van der Waals surface area contributed by atoms with Gasteiger partial charge in [-0.1, -0.05) is 25.8 Å². The van der Waals surface area contributed by atoms with E-state index in [2.05, 4.69) is 26.0 Å². The molecule has 1 aromatic carbocycles. The van der Waals surface area contributed by atoms with Crippen LogP contribution >= 0.6 is 11.8 Å². The van der Waals surface area contributed by atoms with E-state index in [-0.39, 0.29) is 0 Å². The summed E-state index contributed by atoms with van der Waals surface area (Å²) in [6, 6.07) is 6.23. The SMILES string of the molecule is CCCCCSc1cc(C)ccc1N. The highest BCUT2D eigenvalue weighted by Gasteiger charge is 1.99. The second-order valence-corrected chi connectivity index (χ2v) is 4.73. The molecule has 0 aliphatic heterocycles. The van der Waals surface area contributed by atoms with Crippen molar-refractivity contribution >= 4 is 17.4 Å². The van der Waals surface area contributed by atoms with Crippen molar-refractivity contribution in [1.82, 2.24) is 0 Å². The molecule has 0 spiro atoms. The first-order chi connectivity index (χ1) is 6.74. The Labute approximate surface area is 91.1 Å². The van der Waals surface area contributed by atoms with Gasteiger partial charge in [-0.3, -0.25) is 0 Å². The normalized spacial score (nSPS) is 10.4. The van der Waals surface area contributed by atoms with Gasteiger partial charge >= 0.3 is 0 Å².